The van der Waals surface area contributed by atoms with Crippen LogP contribution in [-0.2, 0) is 13.2 Å². The van der Waals surface area contributed by atoms with Gasteiger partial charge in [-0.3, -0.25) is 10.00 Å². The number of likely N-dealkylation sites (tertiary alicyclic amines) is 1. The predicted molar refractivity (Wildman–Crippen MR) is 98.4 cm³/mol. The number of aromatic amines is 1. The standard InChI is InChI=1S/C21H21F2N3O/c22-17-3-1-15(2-4-17)12-26-10-9-16(13-26)21-11-19(24-25-21)14-27-20-7-5-18(23)6-8-20/h1-8,11,16H,9-10,12-14H2,(H,24,25)/t16-/m1/s1. The van der Waals surface area contributed by atoms with E-state index >= 15 is 0 Å². The van der Waals surface area contributed by atoms with Gasteiger partial charge in [-0.15, -0.1) is 0 Å². The summed E-state index contributed by atoms with van der Waals surface area (Å²) in [7, 11) is 0. The van der Waals surface area contributed by atoms with Crippen molar-refractivity contribution in [3.63, 3.8) is 0 Å². The van der Waals surface area contributed by atoms with E-state index in [0.29, 0.717) is 18.3 Å². The van der Waals surface area contributed by atoms with Gasteiger partial charge in [-0.25, -0.2) is 8.78 Å². The number of H-pyrrole nitrogens is 1. The molecule has 6 heteroatoms. The lowest BCUT2D eigenvalue weighted by atomic mass is 10.1. The maximum atomic E-state index is 13.0. The zero-order valence-corrected chi connectivity index (χ0v) is 14.9. The van der Waals surface area contributed by atoms with Gasteiger partial charge >= 0.3 is 0 Å². The van der Waals surface area contributed by atoms with Crippen molar-refractivity contribution in [2.24, 2.45) is 0 Å². The fourth-order valence-corrected chi connectivity index (χ4v) is 3.42. The van der Waals surface area contributed by atoms with Gasteiger partial charge in [0, 0.05) is 19.0 Å². The molecule has 3 aromatic rings. The molecule has 0 saturated carbocycles. The van der Waals surface area contributed by atoms with E-state index in [1.54, 1.807) is 12.1 Å². The van der Waals surface area contributed by atoms with Crippen LogP contribution < -0.4 is 4.74 Å². The highest BCUT2D eigenvalue weighted by atomic mass is 19.1. The molecule has 1 N–H and O–H groups in total. The molecule has 2 heterocycles. The first-order valence-electron chi connectivity index (χ1n) is 9.05. The van der Waals surface area contributed by atoms with Gasteiger partial charge in [-0.05, 0) is 61.0 Å². The van der Waals surface area contributed by atoms with Crippen LogP contribution in [0.5, 0.6) is 5.75 Å². The SMILES string of the molecule is Fc1ccc(CN2CC[C@@H](c3cc(COc4ccc(F)cc4)[nH]n3)C2)cc1. The van der Waals surface area contributed by atoms with Crippen molar-refractivity contribution in [3.05, 3.63) is 83.2 Å². The summed E-state index contributed by atoms with van der Waals surface area (Å²) < 4.78 is 31.6. The summed E-state index contributed by atoms with van der Waals surface area (Å²) in [6.45, 7) is 3.11. The molecule has 1 aliphatic heterocycles. The number of nitrogens with zero attached hydrogens (tertiary/aromatic N) is 2. The Morgan fingerprint density at radius 2 is 1.74 bits per heavy atom. The summed E-state index contributed by atoms with van der Waals surface area (Å²) in [5.74, 6) is 0.516. The van der Waals surface area contributed by atoms with E-state index in [0.717, 1.165) is 43.0 Å². The lowest BCUT2D eigenvalue weighted by molar-refractivity contribution is 0.300. The molecular formula is C21H21F2N3O. The first-order chi connectivity index (χ1) is 13.2. The zero-order valence-electron chi connectivity index (χ0n) is 14.9. The quantitative estimate of drug-likeness (QED) is 0.706. The topological polar surface area (TPSA) is 41.1 Å². The second-order valence-electron chi connectivity index (χ2n) is 6.91. The molecule has 0 aliphatic carbocycles. The van der Waals surface area contributed by atoms with Crippen molar-refractivity contribution in [1.29, 1.82) is 0 Å². The van der Waals surface area contributed by atoms with Crippen LogP contribution in [-0.4, -0.2) is 28.2 Å². The lowest BCUT2D eigenvalue weighted by Gasteiger charge is -2.15. The van der Waals surface area contributed by atoms with Crippen LogP contribution in [0.1, 0.15) is 29.3 Å². The highest BCUT2D eigenvalue weighted by Crippen LogP contribution is 2.27. The van der Waals surface area contributed by atoms with Crippen LogP contribution in [0.2, 0.25) is 0 Å². The third-order valence-corrected chi connectivity index (χ3v) is 4.87. The van der Waals surface area contributed by atoms with Crippen molar-refractivity contribution in [2.75, 3.05) is 13.1 Å². The molecule has 0 amide bonds. The number of hydrogen-bond acceptors (Lipinski definition) is 3. The average molecular weight is 369 g/mol. The van der Waals surface area contributed by atoms with Gasteiger partial charge in [0.25, 0.3) is 0 Å². The van der Waals surface area contributed by atoms with E-state index in [9.17, 15) is 8.78 Å². The van der Waals surface area contributed by atoms with Crippen molar-refractivity contribution in [1.82, 2.24) is 15.1 Å². The minimum Gasteiger partial charge on any atom is -0.487 e. The Hall–Kier alpha value is -2.73. The van der Waals surface area contributed by atoms with E-state index in [1.807, 2.05) is 18.2 Å². The summed E-state index contributed by atoms with van der Waals surface area (Å²) in [5.41, 5.74) is 3.05. The third kappa shape index (κ3) is 4.52. The number of nitrogens with one attached hydrogen (secondary N) is 1. The van der Waals surface area contributed by atoms with Crippen LogP contribution in [0.15, 0.2) is 54.6 Å². The molecule has 27 heavy (non-hydrogen) atoms. The molecule has 1 aliphatic rings. The molecule has 1 fully saturated rings. The molecular weight excluding hydrogens is 348 g/mol. The van der Waals surface area contributed by atoms with Gasteiger partial charge in [-0.2, -0.15) is 5.10 Å². The van der Waals surface area contributed by atoms with Gasteiger partial charge in [0.2, 0.25) is 0 Å². The minimum absolute atomic E-state index is 0.204. The summed E-state index contributed by atoms with van der Waals surface area (Å²) in [6.07, 6.45) is 1.05. The van der Waals surface area contributed by atoms with Gasteiger partial charge < -0.3 is 4.74 Å². The smallest absolute Gasteiger partial charge is 0.130 e. The van der Waals surface area contributed by atoms with Gasteiger partial charge in [-0.1, -0.05) is 12.1 Å². The number of ether oxygens (including phenoxy) is 1. The largest absolute Gasteiger partial charge is 0.487 e. The Labute approximate surface area is 156 Å². The molecule has 140 valence electrons. The van der Waals surface area contributed by atoms with Crippen LogP contribution in [0.25, 0.3) is 0 Å². The average Bonchev–Trinajstić information content (AvgIpc) is 3.32. The van der Waals surface area contributed by atoms with Crippen LogP contribution >= 0.6 is 0 Å². The number of benzene rings is 2. The zero-order chi connectivity index (χ0) is 18.6. The molecule has 0 spiro atoms. The Bertz CT molecular complexity index is 877. The predicted octanol–water partition coefficient (Wildman–Crippen LogP) is 4.26. The van der Waals surface area contributed by atoms with Crippen molar-refractivity contribution in [3.8, 4) is 5.75 Å². The molecule has 4 rings (SSSR count). The van der Waals surface area contributed by atoms with Gasteiger partial charge in [0.05, 0.1) is 11.4 Å². The van der Waals surface area contributed by atoms with Crippen LogP contribution in [0.4, 0.5) is 8.78 Å². The summed E-state index contributed by atoms with van der Waals surface area (Å²) >= 11 is 0. The summed E-state index contributed by atoms with van der Waals surface area (Å²) in [5, 5.41) is 7.46. The molecule has 2 aromatic carbocycles. The van der Waals surface area contributed by atoms with Crippen LogP contribution in [0.3, 0.4) is 0 Å². The molecule has 0 bridgehead atoms. The number of halogens is 2. The molecule has 0 radical (unpaired) electrons. The molecule has 4 nitrogen and oxygen atoms in total. The maximum Gasteiger partial charge on any atom is 0.130 e. The Balaban J connectivity index is 1.30. The van der Waals surface area contributed by atoms with E-state index in [1.165, 1.54) is 24.3 Å². The first-order valence-corrected chi connectivity index (χ1v) is 9.05. The lowest BCUT2D eigenvalue weighted by Crippen LogP contribution is -2.19. The Kier molecular flexibility index (Phi) is 5.16. The molecule has 1 aromatic heterocycles. The highest BCUT2D eigenvalue weighted by molar-refractivity contribution is 5.23. The van der Waals surface area contributed by atoms with Crippen molar-refractivity contribution < 1.29 is 13.5 Å². The van der Waals surface area contributed by atoms with E-state index < -0.39 is 0 Å². The van der Waals surface area contributed by atoms with Gasteiger partial charge in [0.1, 0.15) is 24.0 Å². The van der Waals surface area contributed by atoms with Crippen LogP contribution in [0, 0.1) is 11.6 Å². The first kappa shape index (κ1) is 17.7. The summed E-state index contributed by atoms with van der Waals surface area (Å²) in [6, 6.07) is 14.7. The maximum absolute atomic E-state index is 13.0. The van der Waals surface area contributed by atoms with E-state index in [2.05, 4.69) is 15.1 Å². The second-order valence-corrected chi connectivity index (χ2v) is 6.91. The molecule has 0 unspecified atom stereocenters. The monoisotopic (exact) mass is 369 g/mol. The van der Waals surface area contributed by atoms with Gasteiger partial charge in [0.15, 0.2) is 0 Å². The normalized spacial score (nSPS) is 17.3. The fourth-order valence-electron chi connectivity index (χ4n) is 3.42. The third-order valence-electron chi connectivity index (χ3n) is 4.87. The fraction of sp³-hybridized carbons (Fsp3) is 0.286. The number of aromatic nitrogens is 2. The summed E-state index contributed by atoms with van der Waals surface area (Å²) in [4.78, 5) is 2.36. The van der Waals surface area contributed by atoms with E-state index in [-0.39, 0.29) is 11.6 Å². The molecule has 1 atom stereocenters. The number of rotatable bonds is 6. The number of hydrogen-bond donors (Lipinski definition) is 1. The minimum atomic E-state index is -0.280. The molecule has 1 saturated heterocycles. The van der Waals surface area contributed by atoms with E-state index in [4.69, 9.17) is 4.74 Å². The van der Waals surface area contributed by atoms with Crippen molar-refractivity contribution in [2.45, 2.75) is 25.5 Å². The Morgan fingerprint density at radius 1 is 1.04 bits per heavy atom. The highest BCUT2D eigenvalue weighted by Gasteiger charge is 2.25. The second kappa shape index (κ2) is 7.88. The Morgan fingerprint density at radius 3 is 2.48 bits per heavy atom. The van der Waals surface area contributed by atoms with Crippen molar-refractivity contribution >= 4 is 0 Å².